The second-order valence-electron chi connectivity index (χ2n) is 23.3. The molecule has 0 spiro atoms. The van der Waals surface area contributed by atoms with Crippen molar-refractivity contribution in [1.82, 2.24) is 14.7 Å². The summed E-state index contributed by atoms with van der Waals surface area (Å²) in [6.45, 7) is 6.80. The number of fused-ring (bicyclic) bond motifs is 21. The number of carbonyl (C=O) groups is 4. The number of amides is 2. The summed E-state index contributed by atoms with van der Waals surface area (Å²) in [5.41, 5.74) is 11.7. The quantitative estimate of drug-likeness (QED) is 0.0642. The van der Waals surface area contributed by atoms with E-state index in [9.17, 15) is 34.8 Å². The van der Waals surface area contributed by atoms with Crippen LogP contribution in [0.25, 0.3) is 64.6 Å². The highest BCUT2D eigenvalue weighted by atomic mass is 127. The molecule has 6 aliphatic heterocycles. The zero-order valence-corrected chi connectivity index (χ0v) is 50.6. The first-order chi connectivity index (χ1) is 41.3. The topological polar surface area (TPSA) is 187 Å². The van der Waals surface area contributed by atoms with Gasteiger partial charge in [0.15, 0.2) is 5.78 Å². The number of aliphatic hydroxyl groups excluding tert-OH is 4. The number of halogens is 1. The molecule has 0 radical (unpaired) electrons. The normalized spacial score (nSPS) is 18.4. The summed E-state index contributed by atoms with van der Waals surface area (Å²) in [6.07, 6.45) is 8.51. The SMILES string of the molecule is C=O.COc1cc2c3c(c4ccc(C(C)=O)cc4c2cc1CO)C[C@@H]1CCC(=O)N1C3.COc1cc2c3c(c4ccc(CO)cc4c2cc1CO)C[C@@H]1CCCN1C3.COc1cc2c3c(c4ccc(I)cc4c2cc1CO)C[C@@H]1CCC(=O)N1C3. The highest BCUT2D eigenvalue weighted by Crippen LogP contribution is 2.46. The van der Waals surface area contributed by atoms with Crippen molar-refractivity contribution < 1.29 is 53.8 Å². The minimum absolute atomic E-state index is 0.0289. The molecule has 2 amide bonds. The van der Waals surface area contributed by atoms with Gasteiger partial charge in [0.2, 0.25) is 11.8 Å². The number of hydrogen-bond acceptors (Lipinski definition) is 12. The van der Waals surface area contributed by atoms with Crippen LogP contribution in [0.3, 0.4) is 0 Å². The molecule has 6 heterocycles. The van der Waals surface area contributed by atoms with E-state index in [1.54, 1.807) is 28.3 Å². The van der Waals surface area contributed by atoms with Crippen molar-refractivity contribution in [3.63, 3.8) is 0 Å². The summed E-state index contributed by atoms with van der Waals surface area (Å²) in [5.74, 6) is 2.60. The third-order valence-corrected chi connectivity index (χ3v) is 19.8. The molecule has 0 unspecified atom stereocenters. The number of rotatable bonds is 8. The minimum atomic E-state index is -0.128. The Bertz CT molecular complexity index is 4220. The number of aliphatic hydroxyl groups is 4. The van der Waals surface area contributed by atoms with Crippen LogP contribution in [0.4, 0.5) is 0 Å². The van der Waals surface area contributed by atoms with Gasteiger partial charge in [0.05, 0.1) is 47.8 Å². The fraction of sp³-hybridized carbons (Fsp3) is 0.343. The molecule has 3 saturated heterocycles. The van der Waals surface area contributed by atoms with Crippen LogP contribution in [0.15, 0.2) is 91.0 Å². The summed E-state index contributed by atoms with van der Waals surface area (Å²) >= 11 is 2.35. The van der Waals surface area contributed by atoms with Crippen molar-refractivity contribution in [3.05, 3.63) is 156 Å². The van der Waals surface area contributed by atoms with Crippen molar-refractivity contribution in [2.75, 3.05) is 27.9 Å². The van der Waals surface area contributed by atoms with E-state index in [0.717, 1.165) is 104 Å². The van der Waals surface area contributed by atoms with Crippen molar-refractivity contribution in [3.8, 4) is 17.2 Å². The third kappa shape index (κ3) is 10.1. The molecule has 15 heteroatoms. The number of nitrogens with zero attached hydrogens (tertiary/aromatic N) is 3. The molecule has 6 aliphatic rings. The van der Waals surface area contributed by atoms with Crippen molar-refractivity contribution in [1.29, 1.82) is 0 Å². The molecule has 3 atom stereocenters. The average molecular weight is 1260 g/mol. The molecule has 14 nitrogen and oxygen atoms in total. The molecule has 438 valence electrons. The van der Waals surface area contributed by atoms with E-state index in [1.165, 1.54) is 77.7 Å². The molecule has 0 bridgehead atoms. The van der Waals surface area contributed by atoms with Crippen LogP contribution in [-0.2, 0) is 79.7 Å². The van der Waals surface area contributed by atoms with Crippen LogP contribution < -0.4 is 14.2 Å². The van der Waals surface area contributed by atoms with Crippen LogP contribution in [0.1, 0.15) is 111 Å². The summed E-state index contributed by atoms with van der Waals surface area (Å²) < 4.78 is 17.8. The van der Waals surface area contributed by atoms with E-state index < -0.39 is 0 Å². The number of hydrogen-bond donors (Lipinski definition) is 4. The van der Waals surface area contributed by atoms with Crippen LogP contribution in [0, 0.1) is 3.57 Å². The van der Waals surface area contributed by atoms with Crippen molar-refractivity contribution >= 4 is 112 Å². The summed E-state index contributed by atoms with van der Waals surface area (Å²) in [6, 6.07) is 32.2. The standard InChI is InChI=1S/C24H23NO4.C23H25NO3.C22H20INO3.CH2O/c1-13(27)14-3-5-17-18(7-14)19-8-15(12-26)23(29-2)10-21(19)22-11-25-16(9-20(17)22)4-6-24(25)28;1-27-23-10-21-19(8-15(23)13-26)18-7-14(12-25)4-5-17(18)20-9-16-3-2-6-24(16)11-22(20)21;1-27-21-9-19-16(6-12(21)11-25)17-7-13(23)2-4-15(17)18-8-14-3-5-22(26)24(14)10-20(18)19;1-2/h3,5,7-8,10,16,26H,4,6,9,11-12H2,1-2H3;4-5,7-8,10,16,25-26H,2-3,6,9,11-13H2,1H3;2,4,6-7,9,14,25H,3,5,8,10-11H2,1H3;1H2/t2*16-;14-;/m000./s1. The van der Waals surface area contributed by atoms with Crippen LogP contribution in [0.2, 0.25) is 0 Å². The number of carbonyl (C=O) groups excluding carboxylic acids is 4. The van der Waals surface area contributed by atoms with Crippen LogP contribution in [-0.4, -0.2) is 106 Å². The molecule has 4 N–H and O–H groups in total. The second kappa shape index (κ2) is 23.9. The Labute approximate surface area is 507 Å². The first-order valence-corrected chi connectivity index (χ1v) is 30.4. The molecule has 9 aromatic carbocycles. The number of methoxy groups -OCH3 is 3. The monoisotopic (exact) mass is 1260 g/mol. The van der Waals surface area contributed by atoms with Gasteiger partial charge in [-0.1, -0.05) is 30.3 Å². The second-order valence-corrected chi connectivity index (χ2v) is 24.6. The van der Waals surface area contributed by atoms with E-state index in [4.69, 9.17) is 19.0 Å². The molecule has 9 aromatic rings. The zero-order valence-electron chi connectivity index (χ0n) is 48.5. The maximum absolute atomic E-state index is 12.4. The molecular formula is C70H70IN3O11. The fourth-order valence-electron chi connectivity index (χ4n) is 14.9. The Hall–Kier alpha value is -7.25. The van der Waals surface area contributed by atoms with Gasteiger partial charge in [-0.25, -0.2) is 0 Å². The lowest BCUT2D eigenvalue weighted by atomic mass is 9.84. The third-order valence-electron chi connectivity index (χ3n) is 19.1. The Balaban J connectivity index is 0.000000123. The van der Waals surface area contributed by atoms with Gasteiger partial charge >= 0.3 is 0 Å². The first-order valence-electron chi connectivity index (χ1n) is 29.3. The maximum Gasteiger partial charge on any atom is 0.223 e. The predicted octanol–water partition coefficient (Wildman–Crippen LogP) is 11.2. The first kappa shape index (κ1) is 58.1. The molecule has 3 fully saturated rings. The van der Waals surface area contributed by atoms with Crippen LogP contribution >= 0.6 is 22.6 Å². The summed E-state index contributed by atoms with van der Waals surface area (Å²) in [7, 11) is 4.90. The lowest BCUT2D eigenvalue weighted by molar-refractivity contribution is -0.130. The lowest BCUT2D eigenvalue weighted by Gasteiger charge is -2.33. The highest BCUT2D eigenvalue weighted by molar-refractivity contribution is 14.1. The Morgan fingerprint density at radius 1 is 0.494 bits per heavy atom. The largest absolute Gasteiger partial charge is 0.496 e. The van der Waals surface area contributed by atoms with Gasteiger partial charge in [0, 0.05) is 76.4 Å². The number of ketones is 1. The number of Topliss-reactive ketones (excluding diaryl/α,β-unsaturated/α-hetero) is 1. The maximum atomic E-state index is 12.4. The van der Waals surface area contributed by atoms with E-state index in [-0.39, 0.29) is 50.1 Å². The van der Waals surface area contributed by atoms with E-state index >= 15 is 0 Å². The summed E-state index contributed by atoms with van der Waals surface area (Å²) in [4.78, 5) is 51.4. The molecule has 85 heavy (non-hydrogen) atoms. The molecular weight excluding hydrogens is 1190 g/mol. The van der Waals surface area contributed by atoms with Gasteiger partial charge in [-0.05, 0) is 245 Å². The molecule has 0 saturated carbocycles. The van der Waals surface area contributed by atoms with E-state index in [2.05, 4.69) is 70.0 Å². The summed E-state index contributed by atoms with van der Waals surface area (Å²) in [5, 5.41) is 52.8. The van der Waals surface area contributed by atoms with Gasteiger partial charge in [0.1, 0.15) is 24.0 Å². The number of ether oxygens (including phenoxy) is 3. The van der Waals surface area contributed by atoms with Crippen molar-refractivity contribution in [2.24, 2.45) is 0 Å². The Morgan fingerprint density at radius 2 is 0.918 bits per heavy atom. The van der Waals surface area contributed by atoms with Crippen LogP contribution in [0.5, 0.6) is 17.2 Å². The predicted molar refractivity (Wildman–Crippen MR) is 339 cm³/mol. The highest BCUT2D eigenvalue weighted by Gasteiger charge is 2.39. The van der Waals surface area contributed by atoms with Crippen molar-refractivity contribution in [2.45, 2.75) is 129 Å². The molecule has 0 aromatic heterocycles. The molecule has 0 aliphatic carbocycles. The lowest BCUT2D eigenvalue weighted by Crippen LogP contribution is -2.38. The molecule has 15 rings (SSSR count). The fourth-order valence-corrected chi connectivity index (χ4v) is 15.4. The smallest absolute Gasteiger partial charge is 0.223 e. The Kier molecular flexibility index (Phi) is 16.3. The van der Waals surface area contributed by atoms with Gasteiger partial charge in [0.25, 0.3) is 0 Å². The van der Waals surface area contributed by atoms with Gasteiger partial charge in [-0.15, -0.1) is 0 Å². The van der Waals surface area contributed by atoms with Gasteiger partial charge in [-0.3, -0.25) is 19.3 Å². The van der Waals surface area contributed by atoms with Gasteiger partial charge in [-0.2, -0.15) is 0 Å². The minimum Gasteiger partial charge on any atom is -0.496 e. The average Bonchev–Trinajstić information content (AvgIpc) is 1.90. The number of benzene rings is 9. The van der Waals surface area contributed by atoms with Gasteiger partial charge < -0.3 is 49.2 Å². The van der Waals surface area contributed by atoms with E-state index in [1.807, 2.05) is 65.1 Å². The van der Waals surface area contributed by atoms with E-state index in [0.29, 0.717) is 60.6 Å². The Morgan fingerprint density at radius 3 is 1.38 bits per heavy atom. The zero-order chi connectivity index (χ0) is 59.5.